The highest BCUT2D eigenvalue weighted by Crippen LogP contribution is 2.63. The van der Waals surface area contributed by atoms with Crippen molar-refractivity contribution < 1.29 is 24.2 Å². The quantitative estimate of drug-likeness (QED) is 0.483. The Labute approximate surface area is 129 Å². The predicted molar refractivity (Wildman–Crippen MR) is 78.9 cm³/mol. The van der Waals surface area contributed by atoms with Gasteiger partial charge in [0.15, 0.2) is 17.5 Å². The van der Waals surface area contributed by atoms with E-state index in [2.05, 4.69) is 6.58 Å². The number of aliphatic hydroxyl groups excluding tert-OH is 1. The fourth-order valence-electron chi connectivity index (χ4n) is 3.78. The van der Waals surface area contributed by atoms with Crippen LogP contribution in [0.4, 0.5) is 0 Å². The fraction of sp³-hybridized carbons (Fsp3) is 0.529. The summed E-state index contributed by atoms with van der Waals surface area (Å²) < 4.78 is 11.3. The van der Waals surface area contributed by atoms with Crippen LogP contribution in [0.25, 0.3) is 0 Å². The topological polar surface area (TPSA) is 76.1 Å². The van der Waals surface area contributed by atoms with Gasteiger partial charge in [-0.1, -0.05) is 26.5 Å². The Kier molecular flexibility index (Phi) is 3.20. The highest BCUT2D eigenvalue weighted by molar-refractivity contribution is 5.95. The van der Waals surface area contributed by atoms with Crippen molar-refractivity contribution in [3.63, 3.8) is 0 Å². The lowest BCUT2D eigenvalue weighted by atomic mass is 9.59. The normalized spacial score (nSPS) is 42.1. The number of hydrogen-bond donors (Lipinski definition) is 1. The maximum atomic E-state index is 12.1. The Morgan fingerprint density at radius 1 is 1.50 bits per heavy atom. The third-order valence-corrected chi connectivity index (χ3v) is 5.36. The van der Waals surface area contributed by atoms with E-state index in [9.17, 15) is 14.7 Å². The Bertz CT molecular complexity index is 631. The highest BCUT2D eigenvalue weighted by Gasteiger charge is 2.74. The first-order valence-corrected chi connectivity index (χ1v) is 7.36. The predicted octanol–water partition coefficient (Wildman–Crippen LogP) is 1.33. The number of rotatable bonds is 3. The molecular formula is C17H20O5. The summed E-state index contributed by atoms with van der Waals surface area (Å²) in [5, 5.41) is 9.51. The fourth-order valence-corrected chi connectivity index (χ4v) is 3.78. The third-order valence-electron chi connectivity index (χ3n) is 5.36. The number of allylic oxidation sites excluding steroid dienone is 2. The maximum Gasteiger partial charge on any atom is 0.303 e. The first kappa shape index (κ1) is 15.2. The zero-order valence-corrected chi connectivity index (χ0v) is 13.0. The molecule has 1 aliphatic heterocycles. The number of ketones is 1. The molecule has 3 aliphatic rings. The summed E-state index contributed by atoms with van der Waals surface area (Å²) in [4.78, 5) is 23.5. The largest absolute Gasteiger partial charge is 0.455 e. The molecule has 0 aromatic carbocycles. The van der Waals surface area contributed by atoms with Crippen molar-refractivity contribution in [1.29, 1.82) is 0 Å². The zero-order valence-electron chi connectivity index (χ0n) is 13.0. The van der Waals surface area contributed by atoms with Crippen LogP contribution in [-0.4, -0.2) is 41.3 Å². The van der Waals surface area contributed by atoms with Crippen LogP contribution in [0.5, 0.6) is 0 Å². The molecule has 0 bridgehead atoms. The average Bonchev–Trinajstić information content (AvgIpc) is 3.23. The molecule has 5 nitrogen and oxygen atoms in total. The van der Waals surface area contributed by atoms with Crippen LogP contribution in [0.2, 0.25) is 0 Å². The van der Waals surface area contributed by atoms with Gasteiger partial charge in [-0.15, -0.1) is 0 Å². The van der Waals surface area contributed by atoms with Gasteiger partial charge in [-0.25, -0.2) is 0 Å². The van der Waals surface area contributed by atoms with Gasteiger partial charge < -0.3 is 14.6 Å². The van der Waals surface area contributed by atoms with E-state index in [-0.39, 0.29) is 24.4 Å². The van der Waals surface area contributed by atoms with Crippen LogP contribution in [0, 0.1) is 11.3 Å². The van der Waals surface area contributed by atoms with Crippen LogP contribution < -0.4 is 0 Å². The summed E-state index contributed by atoms with van der Waals surface area (Å²) in [5.74, 6) is -0.626. The van der Waals surface area contributed by atoms with E-state index in [0.717, 1.165) is 5.57 Å². The second-order valence-electron chi connectivity index (χ2n) is 6.44. The minimum atomic E-state index is -0.932. The molecule has 2 aliphatic carbocycles. The first-order valence-electron chi connectivity index (χ1n) is 7.36. The standard InChI is InChI=1S/C17H20O5/c1-9(8-18)17-14(21-11(3)19)7-12-5-6-13(20)10(2)16(12,4)15(17)22-17/h5-7,10,14-15,18H,1,8H2,2-4H3/t10-,14-,15+,16+,17-/m0/s1. The Morgan fingerprint density at radius 2 is 2.18 bits per heavy atom. The summed E-state index contributed by atoms with van der Waals surface area (Å²) in [6, 6.07) is 0. The lowest BCUT2D eigenvalue weighted by Gasteiger charge is -2.42. The van der Waals surface area contributed by atoms with E-state index in [1.165, 1.54) is 6.92 Å². The summed E-state index contributed by atoms with van der Waals surface area (Å²) in [6.45, 7) is 8.81. The molecule has 0 amide bonds. The lowest BCUT2D eigenvalue weighted by molar-refractivity contribution is -0.146. The van der Waals surface area contributed by atoms with E-state index < -0.39 is 23.1 Å². The molecule has 1 heterocycles. The maximum absolute atomic E-state index is 12.1. The van der Waals surface area contributed by atoms with Gasteiger partial charge in [-0.2, -0.15) is 0 Å². The van der Waals surface area contributed by atoms with Crippen molar-refractivity contribution in [3.05, 3.63) is 36.0 Å². The Balaban J connectivity index is 2.12. The number of carbonyl (C=O) groups excluding carboxylic acids is 2. The smallest absolute Gasteiger partial charge is 0.303 e. The van der Waals surface area contributed by atoms with Crippen molar-refractivity contribution in [1.82, 2.24) is 0 Å². The van der Waals surface area contributed by atoms with Gasteiger partial charge in [-0.3, -0.25) is 9.59 Å². The first-order chi connectivity index (χ1) is 10.3. The van der Waals surface area contributed by atoms with Crippen LogP contribution in [0.15, 0.2) is 36.0 Å². The monoisotopic (exact) mass is 304 g/mol. The number of hydrogen-bond acceptors (Lipinski definition) is 5. The molecule has 5 atom stereocenters. The van der Waals surface area contributed by atoms with E-state index in [4.69, 9.17) is 9.47 Å². The summed E-state index contributed by atoms with van der Waals surface area (Å²) >= 11 is 0. The molecule has 1 N–H and O–H groups in total. The van der Waals surface area contributed by atoms with Crippen molar-refractivity contribution in [2.45, 2.75) is 38.6 Å². The lowest BCUT2D eigenvalue weighted by Crippen LogP contribution is -2.50. The van der Waals surface area contributed by atoms with E-state index in [1.807, 2.05) is 19.9 Å². The van der Waals surface area contributed by atoms with Gasteiger partial charge in [0, 0.05) is 18.3 Å². The average molecular weight is 304 g/mol. The molecule has 0 aromatic heterocycles. The molecule has 1 fully saturated rings. The van der Waals surface area contributed by atoms with Crippen molar-refractivity contribution >= 4 is 11.8 Å². The second-order valence-corrected chi connectivity index (χ2v) is 6.44. The SMILES string of the molecule is C=C(CO)[C@@]12O[C@@H]1[C@@]1(C)C(=C[C@@H]2OC(C)=O)C=CC(=O)[C@@H]1C. The molecule has 0 spiro atoms. The zero-order chi connectivity index (χ0) is 16.3. The molecule has 118 valence electrons. The highest BCUT2D eigenvalue weighted by atomic mass is 16.7. The number of carbonyl (C=O) groups is 2. The molecule has 3 rings (SSSR count). The number of esters is 1. The van der Waals surface area contributed by atoms with Crippen LogP contribution in [-0.2, 0) is 19.1 Å². The molecule has 0 saturated carbocycles. The summed E-state index contributed by atoms with van der Waals surface area (Å²) in [7, 11) is 0. The molecular weight excluding hydrogens is 284 g/mol. The molecule has 5 heteroatoms. The minimum Gasteiger partial charge on any atom is -0.455 e. The Hall–Kier alpha value is -1.72. The van der Waals surface area contributed by atoms with E-state index in [1.54, 1.807) is 12.2 Å². The number of fused-ring (bicyclic) bond motifs is 3. The van der Waals surface area contributed by atoms with Gasteiger partial charge in [0.1, 0.15) is 6.10 Å². The summed E-state index contributed by atoms with van der Waals surface area (Å²) in [6.07, 6.45) is 4.17. The molecule has 0 unspecified atom stereocenters. The molecule has 1 saturated heterocycles. The molecule has 22 heavy (non-hydrogen) atoms. The van der Waals surface area contributed by atoms with Crippen molar-refractivity contribution in [2.75, 3.05) is 6.61 Å². The van der Waals surface area contributed by atoms with Gasteiger partial charge in [0.25, 0.3) is 0 Å². The van der Waals surface area contributed by atoms with Gasteiger partial charge in [0.2, 0.25) is 0 Å². The third kappa shape index (κ3) is 1.72. The number of epoxide rings is 1. The Morgan fingerprint density at radius 3 is 2.77 bits per heavy atom. The van der Waals surface area contributed by atoms with Crippen LogP contribution in [0.3, 0.4) is 0 Å². The van der Waals surface area contributed by atoms with Gasteiger partial charge in [0.05, 0.1) is 6.61 Å². The van der Waals surface area contributed by atoms with Crippen molar-refractivity contribution in [3.8, 4) is 0 Å². The van der Waals surface area contributed by atoms with E-state index in [0.29, 0.717) is 5.57 Å². The van der Waals surface area contributed by atoms with Crippen molar-refractivity contribution in [2.24, 2.45) is 11.3 Å². The van der Waals surface area contributed by atoms with Crippen LogP contribution in [0.1, 0.15) is 20.8 Å². The van der Waals surface area contributed by atoms with Gasteiger partial charge >= 0.3 is 5.97 Å². The molecule has 0 aromatic rings. The minimum absolute atomic E-state index is 0.0459. The van der Waals surface area contributed by atoms with Gasteiger partial charge in [-0.05, 0) is 23.3 Å². The van der Waals surface area contributed by atoms with E-state index >= 15 is 0 Å². The molecule has 0 radical (unpaired) electrons. The number of aliphatic hydroxyl groups is 1. The van der Waals surface area contributed by atoms with Crippen LogP contribution >= 0.6 is 0 Å². The second kappa shape index (κ2) is 4.64. The number of ether oxygens (including phenoxy) is 2. The summed E-state index contributed by atoms with van der Waals surface area (Å²) in [5.41, 5.74) is -0.0527.